The standard InChI is InChI=1S/C20H21N3O6S/c1-15-13-22(30(27,28)19-10-8-18(9-11-19)23(25)26)16(2)12-21(15)20(24)29-14-17-6-4-3-5-7-17/h3-11,13,16H,12,14H2,1-2H3/t16-/m0/s1. The van der Waals surface area contributed by atoms with Crippen LogP contribution in [0.5, 0.6) is 0 Å². The number of nitrogens with zero attached hydrogens (tertiary/aromatic N) is 3. The molecule has 10 heteroatoms. The molecule has 30 heavy (non-hydrogen) atoms. The van der Waals surface area contributed by atoms with Gasteiger partial charge in [-0.25, -0.2) is 13.2 Å². The van der Waals surface area contributed by atoms with Crippen LogP contribution in [0.3, 0.4) is 0 Å². The van der Waals surface area contributed by atoms with Gasteiger partial charge >= 0.3 is 6.09 Å². The fraction of sp³-hybridized carbons (Fsp3) is 0.250. The van der Waals surface area contributed by atoms with Crippen molar-refractivity contribution in [2.45, 2.75) is 31.4 Å². The maximum atomic E-state index is 13.0. The van der Waals surface area contributed by atoms with Crippen molar-refractivity contribution in [2.75, 3.05) is 6.54 Å². The summed E-state index contributed by atoms with van der Waals surface area (Å²) in [5.74, 6) is 0. The number of carbonyl (C=O) groups excluding carboxylic acids is 1. The Bertz CT molecular complexity index is 1070. The number of hydrogen-bond donors (Lipinski definition) is 0. The average molecular weight is 431 g/mol. The third kappa shape index (κ3) is 4.43. The number of benzene rings is 2. The second kappa shape index (κ2) is 8.54. The lowest BCUT2D eigenvalue weighted by atomic mass is 10.2. The van der Waals surface area contributed by atoms with Gasteiger partial charge in [-0.2, -0.15) is 0 Å². The van der Waals surface area contributed by atoms with Crippen molar-refractivity contribution < 1.29 is 22.9 Å². The van der Waals surface area contributed by atoms with Crippen molar-refractivity contribution in [1.29, 1.82) is 0 Å². The van der Waals surface area contributed by atoms with E-state index in [-0.39, 0.29) is 23.7 Å². The predicted molar refractivity (Wildman–Crippen MR) is 109 cm³/mol. The summed E-state index contributed by atoms with van der Waals surface area (Å²) in [5.41, 5.74) is 1.07. The van der Waals surface area contributed by atoms with Crippen LogP contribution in [-0.4, -0.2) is 41.2 Å². The fourth-order valence-corrected chi connectivity index (χ4v) is 4.61. The Hall–Kier alpha value is -3.40. The van der Waals surface area contributed by atoms with Gasteiger partial charge in [0.05, 0.1) is 22.4 Å². The summed E-state index contributed by atoms with van der Waals surface area (Å²) >= 11 is 0. The summed E-state index contributed by atoms with van der Waals surface area (Å²) in [6.45, 7) is 3.52. The summed E-state index contributed by atoms with van der Waals surface area (Å²) in [6.07, 6.45) is 0.807. The molecule has 0 aliphatic carbocycles. The van der Waals surface area contributed by atoms with Crippen LogP contribution < -0.4 is 0 Å². The van der Waals surface area contributed by atoms with E-state index in [0.717, 1.165) is 22.0 Å². The van der Waals surface area contributed by atoms with E-state index in [1.165, 1.54) is 23.2 Å². The first-order chi connectivity index (χ1) is 14.2. The second-order valence-electron chi connectivity index (χ2n) is 6.86. The highest BCUT2D eigenvalue weighted by atomic mass is 32.2. The number of hydrogen-bond acceptors (Lipinski definition) is 6. The van der Waals surface area contributed by atoms with Crippen molar-refractivity contribution in [2.24, 2.45) is 0 Å². The molecular weight excluding hydrogens is 410 g/mol. The zero-order valence-corrected chi connectivity index (χ0v) is 17.3. The molecule has 1 heterocycles. The first-order valence-corrected chi connectivity index (χ1v) is 10.6. The molecule has 0 bridgehead atoms. The van der Waals surface area contributed by atoms with Crippen molar-refractivity contribution in [3.8, 4) is 0 Å². The minimum absolute atomic E-state index is 0.0656. The van der Waals surface area contributed by atoms with Crippen LogP contribution in [0, 0.1) is 10.1 Å². The highest BCUT2D eigenvalue weighted by Gasteiger charge is 2.34. The molecule has 9 nitrogen and oxygen atoms in total. The van der Waals surface area contributed by atoms with Gasteiger partial charge in [-0.1, -0.05) is 30.3 Å². The maximum Gasteiger partial charge on any atom is 0.414 e. The number of nitro benzene ring substituents is 1. The monoisotopic (exact) mass is 431 g/mol. The molecule has 0 unspecified atom stereocenters. The van der Waals surface area contributed by atoms with Crippen LogP contribution in [0.4, 0.5) is 10.5 Å². The molecule has 158 valence electrons. The topological polar surface area (TPSA) is 110 Å². The zero-order valence-electron chi connectivity index (χ0n) is 16.5. The Kier molecular flexibility index (Phi) is 6.06. The Balaban J connectivity index is 1.76. The van der Waals surface area contributed by atoms with E-state index in [0.29, 0.717) is 5.70 Å². The van der Waals surface area contributed by atoms with Gasteiger partial charge in [-0.05, 0) is 31.5 Å². The molecule has 1 amide bonds. The van der Waals surface area contributed by atoms with Crippen LogP contribution >= 0.6 is 0 Å². The normalized spacial score (nSPS) is 16.7. The van der Waals surface area contributed by atoms with Gasteiger partial charge in [0.25, 0.3) is 15.7 Å². The van der Waals surface area contributed by atoms with Crippen LogP contribution in [0.15, 0.2) is 71.4 Å². The summed E-state index contributed by atoms with van der Waals surface area (Å²) in [7, 11) is -3.94. The van der Waals surface area contributed by atoms with Gasteiger partial charge in [0.15, 0.2) is 0 Å². The second-order valence-corrected chi connectivity index (χ2v) is 8.70. The van der Waals surface area contributed by atoms with E-state index in [4.69, 9.17) is 4.74 Å². The summed E-state index contributed by atoms with van der Waals surface area (Å²) in [6, 6.07) is 13.4. The Morgan fingerprint density at radius 2 is 1.80 bits per heavy atom. The van der Waals surface area contributed by atoms with Gasteiger partial charge < -0.3 is 4.74 Å². The summed E-state index contributed by atoms with van der Waals surface area (Å²) < 4.78 is 32.5. The summed E-state index contributed by atoms with van der Waals surface area (Å²) in [4.78, 5) is 24.0. The lowest BCUT2D eigenvalue weighted by molar-refractivity contribution is -0.384. The first-order valence-electron chi connectivity index (χ1n) is 9.15. The van der Waals surface area contributed by atoms with Crippen LogP contribution in [0.1, 0.15) is 19.4 Å². The van der Waals surface area contributed by atoms with Gasteiger partial charge in [0.2, 0.25) is 0 Å². The Morgan fingerprint density at radius 3 is 2.40 bits per heavy atom. The van der Waals surface area contributed by atoms with E-state index in [2.05, 4.69) is 0 Å². The van der Waals surface area contributed by atoms with E-state index < -0.39 is 27.1 Å². The minimum Gasteiger partial charge on any atom is -0.444 e. The van der Waals surface area contributed by atoms with E-state index in [9.17, 15) is 23.3 Å². The number of non-ortho nitro benzene ring substituents is 1. The molecule has 0 saturated heterocycles. The lowest BCUT2D eigenvalue weighted by Crippen LogP contribution is -2.48. The fourth-order valence-electron chi connectivity index (χ4n) is 3.05. The molecule has 1 aliphatic rings. The smallest absolute Gasteiger partial charge is 0.414 e. The Morgan fingerprint density at radius 1 is 1.17 bits per heavy atom. The van der Waals surface area contributed by atoms with Crippen molar-refractivity contribution in [3.63, 3.8) is 0 Å². The molecular formula is C20H21N3O6S. The van der Waals surface area contributed by atoms with Gasteiger partial charge in [0.1, 0.15) is 6.61 Å². The molecule has 0 radical (unpaired) electrons. The number of rotatable bonds is 5. The van der Waals surface area contributed by atoms with Crippen molar-refractivity contribution in [3.05, 3.63) is 82.2 Å². The maximum absolute atomic E-state index is 13.0. The van der Waals surface area contributed by atoms with E-state index in [1.54, 1.807) is 13.8 Å². The largest absolute Gasteiger partial charge is 0.444 e. The number of ether oxygens (including phenoxy) is 1. The molecule has 0 N–H and O–H groups in total. The minimum atomic E-state index is -3.94. The molecule has 1 aliphatic heterocycles. The average Bonchev–Trinajstić information content (AvgIpc) is 2.74. The lowest BCUT2D eigenvalue weighted by Gasteiger charge is -2.37. The molecule has 0 fully saturated rings. The highest BCUT2D eigenvalue weighted by Crippen LogP contribution is 2.26. The molecule has 0 saturated carbocycles. The number of amides is 1. The molecule has 0 spiro atoms. The quantitative estimate of drug-likeness (QED) is 0.529. The number of nitro groups is 1. The van der Waals surface area contributed by atoms with Gasteiger partial charge in [0, 0.05) is 24.0 Å². The molecule has 0 aromatic heterocycles. The third-order valence-corrected chi connectivity index (χ3v) is 6.56. The number of sulfonamides is 1. The van der Waals surface area contributed by atoms with Crippen LogP contribution in [0.25, 0.3) is 0 Å². The highest BCUT2D eigenvalue weighted by molar-refractivity contribution is 7.89. The molecule has 2 aromatic rings. The van der Waals surface area contributed by atoms with Crippen LogP contribution in [0.2, 0.25) is 0 Å². The van der Waals surface area contributed by atoms with Crippen molar-refractivity contribution in [1.82, 2.24) is 9.21 Å². The zero-order chi connectivity index (χ0) is 21.9. The predicted octanol–water partition coefficient (Wildman–Crippen LogP) is 3.49. The van der Waals surface area contributed by atoms with E-state index >= 15 is 0 Å². The Labute approximate surface area is 174 Å². The van der Waals surface area contributed by atoms with Gasteiger partial charge in [-0.15, -0.1) is 0 Å². The van der Waals surface area contributed by atoms with E-state index in [1.807, 2.05) is 30.3 Å². The number of allylic oxidation sites excluding steroid dienone is 1. The molecule has 3 rings (SSSR count). The summed E-state index contributed by atoms with van der Waals surface area (Å²) in [5, 5.41) is 10.8. The molecule has 1 atom stereocenters. The SMILES string of the molecule is CC1=CN(S(=O)(=O)c2ccc([N+](=O)[O-])cc2)[C@@H](C)CN1C(=O)OCc1ccccc1. The van der Waals surface area contributed by atoms with Crippen LogP contribution in [-0.2, 0) is 21.4 Å². The van der Waals surface area contributed by atoms with Gasteiger partial charge in [-0.3, -0.25) is 19.3 Å². The first kappa shape index (κ1) is 21.3. The number of carbonyl (C=O) groups is 1. The molecule has 2 aromatic carbocycles. The third-order valence-electron chi connectivity index (χ3n) is 4.67. The van der Waals surface area contributed by atoms with Crippen molar-refractivity contribution >= 4 is 21.8 Å².